The van der Waals surface area contributed by atoms with Crippen molar-refractivity contribution in [2.75, 3.05) is 39.6 Å². The van der Waals surface area contributed by atoms with Gasteiger partial charge in [0.05, 0.1) is 26.4 Å². The molecule has 0 aromatic carbocycles. The number of hydrogen-bond acceptors (Lipinski definition) is 15. The molecule has 0 saturated heterocycles. The largest absolute Gasteiger partial charge is 0.472 e. The molecule has 0 heterocycles. The van der Waals surface area contributed by atoms with Crippen LogP contribution in [0.2, 0.25) is 0 Å². The molecule has 5 atom stereocenters. The van der Waals surface area contributed by atoms with Crippen molar-refractivity contribution < 1.29 is 80.2 Å². The Morgan fingerprint density at radius 1 is 0.287 bits per heavy atom. The van der Waals surface area contributed by atoms with Gasteiger partial charge in [0.15, 0.2) is 12.2 Å². The Hall–Kier alpha value is -1.94. The quantitative estimate of drug-likeness (QED) is 0.0222. The Kier molecular flexibility index (Phi) is 56.6. The average Bonchev–Trinajstić information content (AvgIpc) is 3.55. The zero-order chi connectivity index (χ0) is 64.7. The number of phosphoric acid groups is 2. The number of aliphatic hydroxyl groups excluding tert-OH is 1. The first kappa shape index (κ1) is 85.1. The lowest BCUT2D eigenvalue weighted by atomic mass is 10.0. The molecule has 0 spiro atoms. The lowest BCUT2D eigenvalue weighted by Crippen LogP contribution is -2.30. The molecule has 19 heteroatoms. The van der Waals surface area contributed by atoms with Gasteiger partial charge in [0.25, 0.3) is 0 Å². The van der Waals surface area contributed by atoms with Gasteiger partial charge >= 0.3 is 39.5 Å². The summed E-state index contributed by atoms with van der Waals surface area (Å²) < 4.78 is 68.0. The van der Waals surface area contributed by atoms with Gasteiger partial charge in [-0.2, -0.15) is 0 Å². The SMILES string of the molecule is CC(C)CCCCCCCCCCCCCCCCCCC(=O)OC[C@H](COP(=O)(O)OCC(O)COP(=O)(O)OC[C@@H](COC(=O)CCCCCCCCCC(C)C)OC(=O)CCCCCCCCC(C)C)OC(=O)CCCCCCCCC(C)C. The smallest absolute Gasteiger partial charge is 0.462 e. The Balaban J connectivity index is 5.13. The van der Waals surface area contributed by atoms with Gasteiger partial charge in [-0.1, -0.05) is 280 Å². The van der Waals surface area contributed by atoms with Crippen molar-refractivity contribution >= 4 is 39.5 Å². The Morgan fingerprint density at radius 3 is 0.713 bits per heavy atom. The molecule has 0 aliphatic heterocycles. The van der Waals surface area contributed by atoms with Crippen LogP contribution in [0.3, 0.4) is 0 Å². The van der Waals surface area contributed by atoms with Gasteiger partial charge in [0, 0.05) is 25.7 Å². The maximum absolute atomic E-state index is 13.0. The molecule has 0 saturated carbocycles. The topological polar surface area (TPSA) is 237 Å². The summed E-state index contributed by atoms with van der Waals surface area (Å²) in [5, 5.41) is 10.5. The average molecular weight is 1280 g/mol. The molecular weight excluding hydrogens is 1150 g/mol. The molecule has 0 aliphatic rings. The van der Waals surface area contributed by atoms with E-state index in [0.29, 0.717) is 43.4 Å². The fourth-order valence-electron chi connectivity index (χ4n) is 10.1. The third-order valence-corrected chi connectivity index (χ3v) is 17.5. The number of rotatable bonds is 65. The van der Waals surface area contributed by atoms with Gasteiger partial charge in [0.2, 0.25) is 0 Å². The van der Waals surface area contributed by atoms with Crippen molar-refractivity contribution in [2.45, 2.75) is 350 Å². The second-order valence-electron chi connectivity index (χ2n) is 26.5. The van der Waals surface area contributed by atoms with E-state index in [2.05, 4.69) is 55.4 Å². The van der Waals surface area contributed by atoms with Crippen molar-refractivity contribution in [3.8, 4) is 0 Å². The maximum Gasteiger partial charge on any atom is 0.472 e. The standard InChI is InChI=1S/C68H132O17P2/c1-58(2)44-36-28-20-17-15-13-11-9-10-12-14-16-18-22-32-40-48-65(70)78-54-63(84-67(72)50-42-34-26-24-30-38-46-60(5)6)56-82-86(74,75)80-52-62(69)53-81-87(76,77)83-57-64(85-68(73)51-43-35-27-25-31-39-47-61(7)8)55-79-66(71)49-41-33-23-19-21-29-37-45-59(3)4/h58-64,69H,9-57H2,1-8H3,(H,74,75)(H,76,77)/t62?,63-,64-/m1/s1. The summed E-state index contributed by atoms with van der Waals surface area (Å²) in [5.74, 6) is 0.714. The van der Waals surface area contributed by atoms with Crippen molar-refractivity contribution in [3.63, 3.8) is 0 Å². The molecular formula is C68H132O17P2. The molecule has 17 nitrogen and oxygen atoms in total. The summed E-state index contributed by atoms with van der Waals surface area (Å²) in [6.07, 6.45) is 39.5. The predicted molar refractivity (Wildman–Crippen MR) is 349 cm³/mol. The summed E-state index contributed by atoms with van der Waals surface area (Å²) in [7, 11) is -9.89. The van der Waals surface area contributed by atoms with Crippen LogP contribution in [0, 0.1) is 23.7 Å². The number of aliphatic hydroxyl groups is 1. The Bertz CT molecular complexity index is 1730. The molecule has 0 aromatic heterocycles. The van der Waals surface area contributed by atoms with E-state index in [1.165, 1.54) is 128 Å². The van der Waals surface area contributed by atoms with E-state index in [9.17, 15) is 43.2 Å². The highest BCUT2D eigenvalue weighted by molar-refractivity contribution is 7.47. The minimum atomic E-state index is -4.95. The normalized spacial score (nSPS) is 14.3. The van der Waals surface area contributed by atoms with E-state index >= 15 is 0 Å². The predicted octanol–water partition coefficient (Wildman–Crippen LogP) is 18.9. The molecule has 0 rings (SSSR count). The number of unbranched alkanes of at least 4 members (excludes halogenated alkanes) is 31. The van der Waals surface area contributed by atoms with Crippen LogP contribution in [0.15, 0.2) is 0 Å². The molecule has 0 aromatic rings. The van der Waals surface area contributed by atoms with E-state index in [1.807, 2.05) is 0 Å². The molecule has 516 valence electrons. The van der Waals surface area contributed by atoms with Crippen LogP contribution < -0.4 is 0 Å². The monoisotopic (exact) mass is 1280 g/mol. The lowest BCUT2D eigenvalue weighted by Gasteiger charge is -2.21. The number of carbonyl (C=O) groups is 4. The van der Waals surface area contributed by atoms with Crippen molar-refractivity contribution in [1.82, 2.24) is 0 Å². The van der Waals surface area contributed by atoms with Crippen molar-refractivity contribution in [1.29, 1.82) is 0 Å². The van der Waals surface area contributed by atoms with Crippen molar-refractivity contribution in [3.05, 3.63) is 0 Å². The van der Waals surface area contributed by atoms with Crippen molar-refractivity contribution in [2.24, 2.45) is 23.7 Å². The maximum atomic E-state index is 13.0. The van der Waals surface area contributed by atoms with Gasteiger partial charge in [-0.3, -0.25) is 37.3 Å². The van der Waals surface area contributed by atoms with Crippen LogP contribution in [0.25, 0.3) is 0 Å². The van der Waals surface area contributed by atoms with Crippen LogP contribution in [0.4, 0.5) is 0 Å². The third-order valence-electron chi connectivity index (χ3n) is 15.6. The molecule has 0 amide bonds. The highest BCUT2D eigenvalue weighted by atomic mass is 31.2. The Morgan fingerprint density at radius 2 is 0.483 bits per heavy atom. The van der Waals surface area contributed by atoms with Crippen LogP contribution >= 0.6 is 15.6 Å². The van der Waals surface area contributed by atoms with Crippen LogP contribution in [0.5, 0.6) is 0 Å². The fourth-order valence-corrected chi connectivity index (χ4v) is 11.7. The summed E-state index contributed by atoms with van der Waals surface area (Å²) in [6.45, 7) is 13.9. The third kappa shape index (κ3) is 62.6. The minimum Gasteiger partial charge on any atom is -0.462 e. The Labute approximate surface area is 530 Å². The highest BCUT2D eigenvalue weighted by Gasteiger charge is 2.30. The molecule has 0 radical (unpaired) electrons. The molecule has 87 heavy (non-hydrogen) atoms. The first-order chi connectivity index (χ1) is 41.6. The van der Waals surface area contributed by atoms with Crippen LogP contribution in [-0.4, -0.2) is 96.7 Å². The summed E-state index contributed by atoms with van der Waals surface area (Å²) in [5.41, 5.74) is 0. The second kappa shape index (κ2) is 57.9. The van der Waals surface area contributed by atoms with Gasteiger partial charge in [-0.15, -0.1) is 0 Å². The summed E-state index contributed by atoms with van der Waals surface area (Å²) in [4.78, 5) is 72.3. The summed E-state index contributed by atoms with van der Waals surface area (Å²) in [6, 6.07) is 0. The van der Waals surface area contributed by atoms with Gasteiger partial charge in [-0.25, -0.2) is 9.13 Å². The van der Waals surface area contributed by atoms with Crippen LogP contribution in [-0.2, 0) is 65.4 Å². The van der Waals surface area contributed by atoms with E-state index in [4.69, 9.17) is 37.0 Å². The van der Waals surface area contributed by atoms with Gasteiger partial charge in [0.1, 0.15) is 19.3 Å². The number of carbonyl (C=O) groups excluding carboxylic acids is 4. The zero-order valence-corrected chi connectivity index (χ0v) is 58.4. The zero-order valence-electron chi connectivity index (χ0n) is 56.6. The van der Waals surface area contributed by atoms with E-state index in [-0.39, 0.29) is 25.7 Å². The lowest BCUT2D eigenvalue weighted by molar-refractivity contribution is -0.161. The minimum absolute atomic E-state index is 0.101. The first-order valence-electron chi connectivity index (χ1n) is 35.2. The van der Waals surface area contributed by atoms with Crippen LogP contribution in [0.1, 0.15) is 331 Å². The number of phosphoric ester groups is 2. The highest BCUT2D eigenvalue weighted by Crippen LogP contribution is 2.45. The number of ether oxygens (including phenoxy) is 4. The molecule has 0 aliphatic carbocycles. The molecule has 0 fully saturated rings. The molecule has 3 unspecified atom stereocenters. The molecule has 3 N–H and O–H groups in total. The summed E-state index contributed by atoms with van der Waals surface area (Å²) >= 11 is 0. The first-order valence-corrected chi connectivity index (χ1v) is 38.2. The van der Waals surface area contributed by atoms with Gasteiger partial charge in [-0.05, 0) is 49.4 Å². The van der Waals surface area contributed by atoms with E-state index in [1.54, 1.807) is 0 Å². The molecule has 0 bridgehead atoms. The van der Waals surface area contributed by atoms with E-state index in [0.717, 1.165) is 102 Å². The number of hydrogen-bond donors (Lipinski definition) is 3. The fraction of sp³-hybridized carbons (Fsp3) is 0.941. The number of esters is 4. The van der Waals surface area contributed by atoms with Gasteiger partial charge < -0.3 is 33.8 Å². The second-order valence-corrected chi connectivity index (χ2v) is 29.4. The van der Waals surface area contributed by atoms with E-state index < -0.39 is 97.5 Å².